The molecular weight excluding hydrogens is 248 g/mol. The molecule has 0 aromatic rings. The molecule has 2 rings (SSSR count). The third-order valence-electron chi connectivity index (χ3n) is 4.06. The Morgan fingerprint density at radius 2 is 1.89 bits per heavy atom. The zero-order valence-electron chi connectivity index (χ0n) is 11.6. The van der Waals surface area contributed by atoms with Crippen molar-refractivity contribution in [2.24, 2.45) is 0 Å². The number of ether oxygens (including phenoxy) is 1. The predicted octanol–water partition coefficient (Wildman–Crippen LogP) is 1.85. The van der Waals surface area contributed by atoms with Gasteiger partial charge in [0.25, 0.3) is 0 Å². The van der Waals surface area contributed by atoms with Crippen LogP contribution in [0.5, 0.6) is 0 Å². The predicted molar refractivity (Wildman–Crippen MR) is 69.9 cm³/mol. The van der Waals surface area contributed by atoms with Crippen LogP contribution in [0.1, 0.15) is 20.8 Å². The molecule has 0 spiro atoms. The van der Waals surface area contributed by atoms with Crippen LogP contribution in [0.2, 0.25) is 18.1 Å². The van der Waals surface area contributed by atoms with Crippen molar-refractivity contribution in [2.45, 2.75) is 51.1 Å². The Morgan fingerprint density at radius 1 is 1.28 bits per heavy atom. The van der Waals surface area contributed by atoms with E-state index in [1.807, 2.05) is 0 Å². The summed E-state index contributed by atoms with van der Waals surface area (Å²) in [7, 11) is -1.89. The van der Waals surface area contributed by atoms with Crippen molar-refractivity contribution >= 4 is 19.9 Å². The van der Waals surface area contributed by atoms with Crippen molar-refractivity contribution in [2.75, 3.05) is 6.61 Å². The van der Waals surface area contributed by atoms with E-state index >= 15 is 0 Å². The van der Waals surface area contributed by atoms with Gasteiger partial charge in [0.1, 0.15) is 0 Å². The van der Waals surface area contributed by atoms with Crippen molar-refractivity contribution in [3.8, 4) is 0 Å². The molecule has 100 valence electrons. The van der Waals surface area contributed by atoms with E-state index in [-0.39, 0.29) is 23.2 Å². The Kier molecular flexibility index (Phi) is 3.12. The summed E-state index contributed by atoms with van der Waals surface area (Å²) in [5.74, 6) is -0.188. The van der Waals surface area contributed by atoms with Gasteiger partial charge in [0.05, 0.1) is 6.61 Å². The molecule has 0 radical (unpaired) electrons. The maximum atomic E-state index is 11.9. The molecule has 0 amide bonds. The number of rotatable bonds is 3. The average molecular weight is 268 g/mol. The smallest absolute Gasteiger partial charge is 0.193 e. The van der Waals surface area contributed by atoms with Gasteiger partial charge in [0.15, 0.2) is 32.1 Å². The van der Waals surface area contributed by atoms with E-state index in [1.165, 1.54) is 6.08 Å². The Morgan fingerprint density at radius 3 is 2.44 bits per heavy atom. The van der Waals surface area contributed by atoms with E-state index in [9.17, 15) is 9.59 Å². The van der Waals surface area contributed by atoms with Crippen LogP contribution in [0, 0.1) is 0 Å². The molecule has 0 unspecified atom stereocenters. The molecule has 0 N–H and O–H groups in total. The van der Waals surface area contributed by atoms with Crippen LogP contribution >= 0.6 is 0 Å². The highest BCUT2D eigenvalue weighted by Crippen LogP contribution is 2.37. The van der Waals surface area contributed by atoms with Crippen molar-refractivity contribution in [3.05, 3.63) is 11.6 Å². The summed E-state index contributed by atoms with van der Waals surface area (Å²) in [5.41, 5.74) is 0.462. The molecule has 0 aromatic carbocycles. The molecule has 0 aromatic heterocycles. The minimum absolute atomic E-state index is 0.0849. The molecule has 1 saturated heterocycles. The fourth-order valence-electron chi connectivity index (χ4n) is 1.62. The largest absolute Gasteiger partial charge is 0.412 e. The van der Waals surface area contributed by atoms with Crippen molar-refractivity contribution in [3.63, 3.8) is 0 Å². The quantitative estimate of drug-likeness (QED) is 0.579. The molecule has 1 aliphatic heterocycles. The summed E-state index contributed by atoms with van der Waals surface area (Å²) >= 11 is 0. The lowest BCUT2D eigenvalue weighted by atomic mass is 9.98. The number of hydrogen-bond acceptors (Lipinski definition) is 4. The zero-order chi connectivity index (χ0) is 13.7. The minimum Gasteiger partial charge on any atom is -0.412 e. The SMILES string of the molecule is CC(C)(C)[Si](C)(C)OCC1=CC(=O)[C@H]2O[C@H]2C1=O. The molecule has 1 aliphatic carbocycles. The highest BCUT2D eigenvalue weighted by Gasteiger charge is 2.53. The van der Waals surface area contributed by atoms with Crippen LogP contribution in [0.25, 0.3) is 0 Å². The Hall–Kier alpha value is -0.783. The Balaban J connectivity index is 2.03. The van der Waals surface area contributed by atoms with Crippen LogP contribution in [0.3, 0.4) is 0 Å². The fourth-order valence-corrected chi connectivity index (χ4v) is 2.57. The Bertz CT molecular complexity index is 431. The number of carbonyl (C=O) groups is 2. The van der Waals surface area contributed by atoms with Crippen LogP contribution < -0.4 is 0 Å². The summed E-state index contributed by atoms with van der Waals surface area (Å²) in [5, 5.41) is 0.0912. The monoisotopic (exact) mass is 268 g/mol. The molecule has 4 nitrogen and oxygen atoms in total. The van der Waals surface area contributed by atoms with Crippen LogP contribution in [0.15, 0.2) is 11.6 Å². The molecular formula is C13H20O4Si. The third-order valence-corrected chi connectivity index (χ3v) is 8.54. The number of ketones is 2. The normalized spacial score (nSPS) is 27.9. The van der Waals surface area contributed by atoms with Crippen molar-refractivity contribution < 1.29 is 18.8 Å². The molecule has 18 heavy (non-hydrogen) atoms. The second-order valence-corrected chi connectivity index (χ2v) is 11.3. The molecule has 1 heterocycles. The number of Topliss-reactive ketones (excluding diaryl/α,β-unsaturated/α-hetero) is 1. The van der Waals surface area contributed by atoms with E-state index in [0.29, 0.717) is 5.57 Å². The first-order chi connectivity index (χ1) is 8.13. The van der Waals surface area contributed by atoms with Crippen LogP contribution in [-0.4, -0.2) is 38.7 Å². The number of carbonyl (C=O) groups excluding carboxylic acids is 2. The number of hydrogen-bond donors (Lipinski definition) is 0. The standard InChI is InChI=1S/C13H20O4Si/c1-13(2,3)18(4,5)16-7-8-6-9(14)11-12(17-11)10(8)15/h6,11-12H,7H2,1-5H3/t11-,12+/m1/s1. The summed E-state index contributed by atoms with van der Waals surface area (Å²) in [4.78, 5) is 23.4. The lowest BCUT2D eigenvalue weighted by Gasteiger charge is -2.36. The second kappa shape index (κ2) is 4.11. The lowest BCUT2D eigenvalue weighted by molar-refractivity contribution is -0.120. The number of fused-ring (bicyclic) bond motifs is 1. The topological polar surface area (TPSA) is 55.9 Å². The van der Waals surface area contributed by atoms with Gasteiger partial charge < -0.3 is 9.16 Å². The Labute approximate surface area is 108 Å². The lowest BCUT2D eigenvalue weighted by Crippen LogP contribution is -2.42. The number of epoxide rings is 1. The van der Waals surface area contributed by atoms with Crippen LogP contribution in [0.4, 0.5) is 0 Å². The van der Waals surface area contributed by atoms with Gasteiger partial charge in [-0.3, -0.25) is 9.59 Å². The third kappa shape index (κ3) is 2.34. The minimum atomic E-state index is -1.89. The molecule has 2 aliphatic rings. The van der Waals surface area contributed by atoms with Gasteiger partial charge in [-0.25, -0.2) is 0 Å². The van der Waals surface area contributed by atoms with Gasteiger partial charge in [-0.15, -0.1) is 0 Å². The van der Waals surface area contributed by atoms with Gasteiger partial charge in [-0.05, 0) is 24.2 Å². The van der Waals surface area contributed by atoms with Gasteiger partial charge >= 0.3 is 0 Å². The highest BCUT2D eigenvalue weighted by molar-refractivity contribution is 6.74. The summed E-state index contributed by atoms with van der Waals surface area (Å²) in [6, 6.07) is 0. The van der Waals surface area contributed by atoms with Gasteiger partial charge in [0.2, 0.25) is 0 Å². The first kappa shape index (κ1) is 13.6. The van der Waals surface area contributed by atoms with Gasteiger partial charge in [-0.2, -0.15) is 0 Å². The van der Waals surface area contributed by atoms with E-state index in [4.69, 9.17) is 9.16 Å². The molecule has 0 saturated carbocycles. The van der Waals surface area contributed by atoms with Crippen molar-refractivity contribution in [1.82, 2.24) is 0 Å². The fraction of sp³-hybridized carbons (Fsp3) is 0.692. The van der Waals surface area contributed by atoms with Gasteiger partial charge in [0, 0.05) is 5.57 Å². The zero-order valence-corrected chi connectivity index (χ0v) is 12.6. The molecule has 0 bridgehead atoms. The molecule has 5 heteroatoms. The maximum absolute atomic E-state index is 11.9. The highest BCUT2D eigenvalue weighted by atomic mass is 28.4. The maximum Gasteiger partial charge on any atom is 0.193 e. The van der Waals surface area contributed by atoms with Crippen molar-refractivity contribution in [1.29, 1.82) is 0 Å². The summed E-state index contributed by atoms with van der Waals surface area (Å²) < 4.78 is 11.0. The summed E-state index contributed by atoms with van der Waals surface area (Å²) in [6.07, 6.45) is 0.360. The van der Waals surface area contributed by atoms with E-state index in [2.05, 4.69) is 33.9 Å². The average Bonchev–Trinajstić information content (AvgIpc) is 3.00. The van der Waals surface area contributed by atoms with E-state index in [1.54, 1.807) is 0 Å². The first-order valence-corrected chi connectivity index (χ1v) is 9.12. The molecule has 1 fully saturated rings. The van der Waals surface area contributed by atoms with E-state index < -0.39 is 20.5 Å². The van der Waals surface area contributed by atoms with E-state index in [0.717, 1.165) is 0 Å². The van der Waals surface area contributed by atoms with Gasteiger partial charge in [-0.1, -0.05) is 20.8 Å². The second-order valence-electron chi connectivity index (χ2n) is 6.46. The molecule has 2 atom stereocenters. The van der Waals surface area contributed by atoms with Crippen LogP contribution in [-0.2, 0) is 18.8 Å². The first-order valence-electron chi connectivity index (χ1n) is 6.21. The summed E-state index contributed by atoms with van der Waals surface area (Å²) in [6.45, 7) is 10.9.